The van der Waals surface area contributed by atoms with Crippen LogP contribution in [0, 0.1) is 0 Å². The quantitative estimate of drug-likeness (QED) is 0.701. The minimum Gasteiger partial charge on any atom is -0.348 e. The van der Waals surface area contributed by atoms with E-state index in [1.54, 1.807) is 24.3 Å². The topological polar surface area (TPSA) is 49.4 Å². The summed E-state index contributed by atoms with van der Waals surface area (Å²) in [6.45, 7) is 1.84. The SMILES string of the molecule is O=C(NCc1ccc(C(=O)N2CCCCC2)cc1)c1ccc(SC(F)(F)F)cc1. The summed E-state index contributed by atoms with van der Waals surface area (Å²) in [4.78, 5) is 26.5. The molecule has 4 nitrogen and oxygen atoms in total. The predicted octanol–water partition coefficient (Wildman–Crippen LogP) is 4.85. The zero-order valence-electron chi connectivity index (χ0n) is 15.7. The lowest BCUT2D eigenvalue weighted by atomic mass is 10.1. The Morgan fingerprint density at radius 1 is 0.897 bits per heavy atom. The molecule has 0 unspecified atom stereocenters. The van der Waals surface area contributed by atoms with Crippen molar-refractivity contribution >= 4 is 23.6 Å². The molecule has 2 aromatic carbocycles. The number of hydrogen-bond donors (Lipinski definition) is 1. The number of halogens is 3. The van der Waals surface area contributed by atoms with Gasteiger partial charge in [0, 0.05) is 35.7 Å². The number of alkyl halides is 3. The summed E-state index contributed by atoms with van der Waals surface area (Å²) in [5.41, 5.74) is -2.61. The highest BCUT2D eigenvalue weighted by molar-refractivity contribution is 8.00. The number of benzene rings is 2. The lowest BCUT2D eigenvalue weighted by Gasteiger charge is -2.26. The first-order valence-corrected chi connectivity index (χ1v) is 10.2. The Balaban J connectivity index is 1.53. The van der Waals surface area contributed by atoms with Crippen LogP contribution in [0.25, 0.3) is 0 Å². The lowest BCUT2D eigenvalue weighted by molar-refractivity contribution is -0.0328. The van der Waals surface area contributed by atoms with Gasteiger partial charge < -0.3 is 10.2 Å². The Hall–Kier alpha value is -2.48. The number of hydrogen-bond acceptors (Lipinski definition) is 3. The van der Waals surface area contributed by atoms with Gasteiger partial charge in [-0.2, -0.15) is 13.2 Å². The zero-order chi connectivity index (χ0) is 20.9. The van der Waals surface area contributed by atoms with Crippen molar-refractivity contribution in [1.29, 1.82) is 0 Å². The van der Waals surface area contributed by atoms with E-state index in [2.05, 4.69) is 5.32 Å². The molecule has 8 heteroatoms. The molecular formula is C21H21F3N2O2S. The van der Waals surface area contributed by atoms with E-state index >= 15 is 0 Å². The van der Waals surface area contributed by atoms with Crippen LogP contribution < -0.4 is 5.32 Å². The van der Waals surface area contributed by atoms with E-state index in [9.17, 15) is 22.8 Å². The fourth-order valence-electron chi connectivity index (χ4n) is 3.14. The van der Waals surface area contributed by atoms with E-state index in [-0.39, 0.29) is 40.6 Å². The number of piperidine rings is 1. The Kier molecular flexibility index (Phi) is 6.84. The predicted molar refractivity (Wildman–Crippen MR) is 106 cm³/mol. The van der Waals surface area contributed by atoms with Gasteiger partial charge in [0.25, 0.3) is 11.8 Å². The van der Waals surface area contributed by atoms with Gasteiger partial charge in [-0.3, -0.25) is 9.59 Å². The third-order valence-corrected chi connectivity index (χ3v) is 5.39. The van der Waals surface area contributed by atoms with Gasteiger partial charge in [-0.15, -0.1) is 0 Å². The van der Waals surface area contributed by atoms with E-state index in [0.717, 1.165) is 37.9 Å². The number of likely N-dealkylation sites (tertiary alicyclic amines) is 1. The molecule has 29 heavy (non-hydrogen) atoms. The third-order valence-electron chi connectivity index (χ3n) is 4.65. The lowest BCUT2D eigenvalue weighted by Crippen LogP contribution is -2.35. The third kappa shape index (κ3) is 6.25. The van der Waals surface area contributed by atoms with Gasteiger partial charge in [0.15, 0.2) is 0 Å². The molecule has 1 N–H and O–H groups in total. The van der Waals surface area contributed by atoms with Crippen molar-refractivity contribution in [3.05, 3.63) is 65.2 Å². The van der Waals surface area contributed by atoms with E-state index < -0.39 is 5.51 Å². The van der Waals surface area contributed by atoms with Crippen molar-refractivity contribution < 1.29 is 22.8 Å². The molecule has 1 fully saturated rings. The molecule has 2 amide bonds. The maximum absolute atomic E-state index is 12.5. The maximum Gasteiger partial charge on any atom is 0.446 e. The van der Waals surface area contributed by atoms with Crippen molar-refractivity contribution in [2.45, 2.75) is 36.2 Å². The van der Waals surface area contributed by atoms with Crippen LogP contribution in [0.4, 0.5) is 13.2 Å². The monoisotopic (exact) mass is 422 g/mol. The second-order valence-corrected chi connectivity index (χ2v) is 7.94. The fourth-order valence-corrected chi connectivity index (χ4v) is 3.68. The smallest absolute Gasteiger partial charge is 0.348 e. The molecule has 2 aromatic rings. The number of carbonyl (C=O) groups is 2. The molecule has 3 rings (SSSR count). The van der Waals surface area contributed by atoms with Crippen LogP contribution in [-0.2, 0) is 6.54 Å². The molecule has 0 saturated carbocycles. The van der Waals surface area contributed by atoms with Gasteiger partial charge in [0.1, 0.15) is 0 Å². The summed E-state index contributed by atoms with van der Waals surface area (Å²) in [6, 6.07) is 12.4. The van der Waals surface area contributed by atoms with Gasteiger partial charge in [0.05, 0.1) is 0 Å². The van der Waals surface area contributed by atoms with Crippen molar-refractivity contribution in [1.82, 2.24) is 10.2 Å². The molecule has 0 aromatic heterocycles. The number of amides is 2. The van der Waals surface area contributed by atoms with Crippen LogP contribution in [0.15, 0.2) is 53.4 Å². The first-order chi connectivity index (χ1) is 13.8. The standard InChI is InChI=1S/C21H21F3N2O2S/c22-21(23,24)29-18-10-8-16(9-11-18)19(27)25-14-15-4-6-17(7-5-15)20(28)26-12-2-1-3-13-26/h4-11H,1-3,12-14H2,(H,25,27). The minimum absolute atomic E-state index is 0.0251. The molecule has 0 bridgehead atoms. The van der Waals surface area contributed by atoms with E-state index in [0.29, 0.717) is 5.56 Å². The largest absolute Gasteiger partial charge is 0.446 e. The Bertz CT molecular complexity index is 846. The molecule has 154 valence electrons. The van der Waals surface area contributed by atoms with E-state index in [1.165, 1.54) is 24.3 Å². The number of carbonyl (C=O) groups excluding carboxylic acids is 2. The average Bonchev–Trinajstić information content (AvgIpc) is 2.72. The van der Waals surface area contributed by atoms with E-state index in [4.69, 9.17) is 0 Å². The van der Waals surface area contributed by atoms with Gasteiger partial charge in [-0.1, -0.05) is 12.1 Å². The van der Waals surface area contributed by atoms with Crippen molar-refractivity contribution in [2.24, 2.45) is 0 Å². The van der Waals surface area contributed by atoms with Gasteiger partial charge in [-0.25, -0.2) is 0 Å². The van der Waals surface area contributed by atoms with Crippen LogP contribution in [-0.4, -0.2) is 35.3 Å². The summed E-state index contributed by atoms with van der Waals surface area (Å²) in [6.07, 6.45) is 3.23. The second kappa shape index (κ2) is 9.35. The second-order valence-electron chi connectivity index (χ2n) is 6.80. The molecule has 1 heterocycles. The zero-order valence-corrected chi connectivity index (χ0v) is 16.5. The van der Waals surface area contributed by atoms with Gasteiger partial charge in [-0.05, 0) is 73.0 Å². The van der Waals surface area contributed by atoms with Crippen molar-refractivity contribution in [2.75, 3.05) is 13.1 Å². The van der Waals surface area contributed by atoms with Gasteiger partial charge in [0.2, 0.25) is 0 Å². The van der Waals surface area contributed by atoms with Crippen LogP contribution in [0.2, 0.25) is 0 Å². The normalized spacial score (nSPS) is 14.5. The fraction of sp³-hybridized carbons (Fsp3) is 0.333. The van der Waals surface area contributed by atoms with E-state index in [1.807, 2.05) is 4.90 Å². The summed E-state index contributed by atoms with van der Waals surface area (Å²) >= 11 is -0.218. The summed E-state index contributed by atoms with van der Waals surface area (Å²) < 4.78 is 37.1. The highest BCUT2D eigenvalue weighted by Crippen LogP contribution is 2.36. The van der Waals surface area contributed by atoms with Crippen LogP contribution in [0.1, 0.15) is 45.5 Å². The number of thioether (sulfide) groups is 1. The van der Waals surface area contributed by atoms with Crippen molar-refractivity contribution in [3.8, 4) is 0 Å². The van der Waals surface area contributed by atoms with Gasteiger partial charge >= 0.3 is 5.51 Å². The average molecular weight is 422 g/mol. The number of rotatable bonds is 5. The summed E-state index contributed by atoms with van der Waals surface area (Å²) in [5, 5.41) is 2.73. The molecule has 0 radical (unpaired) electrons. The molecule has 0 aliphatic carbocycles. The summed E-state index contributed by atoms with van der Waals surface area (Å²) in [5.74, 6) is -0.348. The highest BCUT2D eigenvalue weighted by atomic mass is 32.2. The first-order valence-electron chi connectivity index (χ1n) is 9.34. The Labute approximate surface area is 171 Å². The first kappa shape index (κ1) is 21.2. The number of nitrogens with one attached hydrogen (secondary N) is 1. The Morgan fingerprint density at radius 3 is 2.07 bits per heavy atom. The molecule has 0 atom stereocenters. The highest BCUT2D eigenvalue weighted by Gasteiger charge is 2.29. The number of nitrogens with zero attached hydrogens (tertiary/aromatic N) is 1. The molecule has 1 aliphatic rings. The molecular weight excluding hydrogens is 401 g/mol. The van der Waals surface area contributed by atoms with Crippen LogP contribution in [0.3, 0.4) is 0 Å². The Morgan fingerprint density at radius 2 is 1.48 bits per heavy atom. The van der Waals surface area contributed by atoms with Crippen molar-refractivity contribution in [3.63, 3.8) is 0 Å². The van der Waals surface area contributed by atoms with Crippen LogP contribution >= 0.6 is 11.8 Å². The van der Waals surface area contributed by atoms with Crippen LogP contribution in [0.5, 0.6) is 0 Å². The molecule has 1 saturated heterocycles. The minimum atomic E-state index is -4.36. The molecule has 1 aliphatic heterocycles. The summed E-state index contributed by atoms with van der Waals surface area (Å²) in [7, 11) is 0. The molecule has 0 spiro atoms. The maximum atomic E-state index is 12.5.